The summed E-state index contributed by atoms with van der Waals surface area (Å²) < 4.78 is 2.22. The van der Waals surface area contributed by atoms with Crippen molar-refractivity contribution in [1.29, 1.82) is 0 Å². The molecule has 0 radical (unpaired) electrons. The van der Waals surface area contributed by atoms with Crippen molar-refractivity contribution in [2.45, 2.75) is 65.1 Å². The molecule has 5 nitrogen and oxygen atoms in total. The molecule has 2 N–H and O–H groups in total. The van der Waals surface area contributed by atoms with Gasteiger partial charge in [0.15, 0.2) is 0 Å². The molecular formula is C30H33N3O2. The first kappa shape index (κ1) is 23.3. The molecule has 5 rings (SSSR count). The molecule has 1 amide bonds. The van der Waals surface area contributed by atoms with Crippen LogP contribution in [0.15, 0.2) is 60.7 Å². The second-order valence-corrected chi connectivity index (χ2v) is 9.73. The number of amides is 1. The van der Waals surface area contributed by atoms with Gasteiger partial charge in [-0.3, -0.25) is 4.79 Å². The fraction of sp³-hybridized carbons (Fsp3) is 0.333. The second kappa shape index (κ2) is 9.67. The number of aliphatic hydroxyl groups excluding tert-OH is 1. The minimum Gasteiger partial charge on any atom is -0.393 e. The van der Waals surface area contributed by atoms with Crippen molar-refractivity contribution in [3.8, 4) is 22.5 Å². The summed E-state index contributed by atoms with van der Waals surface area (Å²) in [5.74, 6) is 0.841. The number of aromatic nitrogens is 2. The normalized spacial score (nSPS) is 18.1. The average Bonchev–Trinajstić information content (AvgIpc) is 3.23. The van der Waals surface area contributed by atoms with E-state index in [0.29, 0.717) is 5.56 Å². The summed E-state index contributed by atoms with van der Waals surface area (Å²) in [6.45, 7) is 7.18. The molecule has 0 atom stereocenters. The van der Waals surface area contributed by atoms with Gasteiger partial charge in [-0.1, -0.05) is 48.0 Å². The van der Waals surface area contributed by atoms with E-state index in [-0.39, 0.29) is 18.1 Å². The maximum absolute atomic E-state index is 13.0. The number of aliphatic hydroxyl groups is 1. The van der Waals surface area contributed by atoms with E-state index in [1.54, 1.807) is 0 Å². The minimum absolute atomic E-state index is 0.0726. The molecule has 1 aromatic heterocycles. The summed E-state index contributed by atoms with van der Waals surface area (Å²) in [7, 11) is 0. The number of carbonyl (C=O) groups is 1. The van der Waals surface area contributed by atoms with Gasteiger partial charge in [-0.25, -0.2) is 4.98 Å². The van der Waals surface area contributed by atoms with Crippen LogP contribution in [0.1, 0.15) is 54.1 Å². The summed E-state index contributed by atoms with van der Waals surface area (Å²) in [6, 6.07) is 20.9. The van der Waals surface area contributed by atoms with E-state index in [0.717, 1.165) is 60.2 Å². The van der Waals surface area contributed by atoms with E-state index in [9.17, 15) is 9.90 Å². The lowest BCUT2D eigenvalue weighted by Crippen LogP contribution is -2.38. The van der Waals surface area contributed by atoms with Gasteiger partial charge in [-0.15, -0.1) is 0 Å². The molecule has 35 heavy (non-hydrogen) atoms. The lowest BCUT2D eigenvalue weighted by molar-refractivity contribution is 0.0868. The highest BCUT2D eigenvalue weighted by molar-refractivity contribution is 5.98. The minimum atomic E-state index is -0.234. The third-order valence-corrected chi connectivity index (χ3v) is 7.20. The maximum atomic E-state index is 13.0. The first-order valence-electron chi connectivity index (χ1n) is 12.6. The summed E-state index contributed by atoms with van der Waals surface area (Å²) >= 11 is 0. The number of rotatable bonds is 5. The largest absolute Gasteiger partial charge is 0.393 e. The van der Waals surface area contributed by atoms with Crippen molar-refractivity contribution in [3.63, 3.8) is 0 Å². The summed E-state index contributed by atoms with van der Waals surface area (Å²) in [5, 5.41) is 12.9. The Hall–Kier alpha value is -3.44. The van der Waals surface area contributed by atoms with Gasteiger partial charge in [0.1, 0.15) is 5.82 Å². The number of benzene rings is 3. The molecule has 1 heterocycles. The van der Waals surface area contributed by atoms with Gasteiger partial charge in [-0.05, 0) is 81.3 Å². The Morgan fingerprint density at radius 1 is 0.971 bits per heavy atom. The molecule has 0 saturated heterocycles. The number of hydrogen-bond donors (Lipinski definition) is 2. The molecule has 3 aromatic carbocycles. The topological polar surface area (TPSA) is 67.2 Å². The highest BCUT2D eigenvalue weighted by Gasteiger charge is 2.22. The van der Waals surface area contributed by atoms with Crippen LogP contribution in [0.3, 0.4) is 0 Å². The van der Waals surface area contributed by atoms with Crippen molar-refractivity contribution in [3.05, 3.63) is 77.4 Å². The number of fused-ring (bicyclic) bond motifs is 1. The molecular weight excluding hydrogens is 434 g/mol. The fourth-order valence-corrected chi connectivity index (χ4v) is 5.31. The zero-order valence-corrected chi connectivity index (χ0v) is 20.7. The van der Waals surface area contributed by atoms with Crippen LogP contribution in [0.25, 0.3) is 33.5 Å². The molecule has 1 aliphatic rings. The second-order valence-electron chi connectivity index (χ2n) is 9.73. The van der Waals surface area contributed by atoms with Crippen LogP contribution in [-0.4, -0.2) is 32.7 Å². The van der Waals surface area contributed by atoms with Crippen LogP contribution < -0.4 is 5.32 Å². The first-order valence-corrected chi connectivity index (χ1v) is 12.6. The molecule has 1 fully saturated rings. The van der Waals surface area contributed by atoms with Gasteiger partial charge < -0.3 is 15.0 Å². The molecule has 0 bridgehead atoms. The van der Waals surface area contributed by atoms with Crippen molar-refractivity contribution < 1.29 is 9.90 Å². The van der Waals surface area contributed by atoms with Gasteiger partial charge >= 0.3 is 0 Å². The van der Waals surface area contributed by atoms with Gasteiger partial charge in [0, 0.05) is 23.7 Å². The standard InChI is InChI=1S/C30H33N3O2/c1-4-33-28-16-10-21(30(35)31-22-11-13-23(34)14-12-22)18-27(28)32-29(33)26-8-6-5-7-25(26)24-15-9-19(2)17-20(24)3/h5-10,15-18,22-23,34H,4,11-14H2,1-3H3,(H,31,35). The van der Waals surface area contributed by atoms with Crippen molar-refractivity contribution in [2.75, 3.05) is 0 Å². The van der Waals surface area contributed by atoms with Gasteiger partial charge in [0.25, 0.3) is 5.91 Å². The fourth-order valence-electron chi connectivity index (χ4n) is 5.31. The Balaban J connectivity index is 1.52. The van der Waals surface area contributed by atoms with Crippen LogP contribution in [-0.2, 0) is 6.54 Å². The first-order chi connectivity index (χ1) is 16.9. The Bertz CT molecular complexity index is 1380. The molecule has 4 aromatic rings. The molecule has 0 aliphatic heterocycles. The van der Waals surface area contributed by atoms with Crippen LogP contribution in [0.2, 0.25) is 0 Å². The van der Waals surface area contributed by atoms with E-state index < -0.39 is 0 Å². The Labute approximate surface area is 206 Å². The highest BCUT2D eigenvalue weighted by Crippen LogP contribution is 2.35. The lowest BCUT2D eigenvalue weighted by atomic mass is 9.93. The van der Waals surface area contributed by atoms with E-state index in [1.807, 2.05) is 18.2 Å². The van der Waals surface area contributed by atoms with Crippen molar-refractivity contribution >= 4 is 16.9 Å². The third kappa shape index (κ3) is 4.61. The third-order valence-electron chi connectivity index (χ3n) is 7.20. The maximum Gasteiger partial charge on any atom is 0.251 e. The van der Waals surface area contributed by atoms with Gasteiger partial charge in [-0.2, -0.15) is 0 Å². The van der Waals surface area contributed by atoms with Gasteiger partial charge in [0.2, 0.25) is 0 Å². The Morgan fingerprint density at radius 3 is 2.43 bits per heavy atom. The zero-order chi connectivity index (χ0) is 24.5. The van der Waals surface area contributed by atoms with E-state index >= 15 is 0 Å². The summed E-state index contributed by atoms with van der Waals surface area (Å²) in [5.41, 5.74) is 8.42. The van der Waals surface area contributed by atoms with Crippen LogP contribution in [0.4, 0.5) is 0 Å². The SMILES string of the molecule is CCn1c(-c2ccccc2-c2ccc(C)cc2C)nc2cc(C(=O)NC3CCC(O)CC3)ccc21. The zero-order valence-electron chi connectivity index (χ0n) is 20.7. The van der Waals surface area contributed by atoms with E-state index in [2.05, 4.69) is 73.1 Å². The van der Waals surface area contributed by atoms with E-state index in [1.165, 1.54) is 16.7 Å². The Morgan fingerprint density at radius 2 is 1.71 bits per heavy atom. The lowest BCUT2D eigenvalue weighted by Gasteiger charge is -2.26. The van der Waals surface area contributed by atoms with Crippen LogP contribution in [0.5, 0.6) is 0 Å². The van der Waals surface area contributed by atoms with Gasteiger partial charge in [0.05, 0.1) is 17.1 Å². The molecule has 0 unspecified atom stereocenters. The van der Waals surface area contributed by atoms with Crippen LogP contribution in [0, 0.1) is 13.8 Å². The Kier molecular flexibility index (Phi) is 6.44. The summed E-state index contributed by atoms with van der Waals surface area (Å²) in [4.78, 5) is 18.0. The monoisotopic (exact) mass is 467 g/mol. The number of carbonyl (C=O) groups excluding carboxylic acids is 1. The average molecular weight is 468 g/mol. The molecule has 5 heteroatoms. The highest BCUT2D eigenvalue weighted by atomic mass is 16.3. The number of nitrogens with one attached hydrogen (secondary N) is 1. The predicted octanol–water partition coefficient (Wildman–Crippen LogP) is 6.04. The van der Waals surface area contributed by atoms with Crippen LogP contribution >= 0.6 is 0 Å². The smallest absolute Gasteiger partial charge is 0.251 e. The number of aryl methyl sites for hydroxylation is 3. The number of hydrogen-bond acceptors (Lipinski definition) is 3. The molecule has 180 valence electrons. The molecule has 1 saturated carbocycles. The van der Waals surface area contributed by atoms with Crippen molar-refractivity contribution in [2.24, 2.45) is 0 Å². The number of nitrogens with zero attached hydrogens (tertiary/aromatic N) is 2. The van der Waals surface area contributed by atoms with Crippen molar-refractivity contribution in [1.82, 2.24) is 14.9 Å². The predicted molar refractivity (Wildman–Crippen MR) is 141 cm³/mol. The van der Waals surface area contributed by atoms with E-state index in [4.69, 9.17) is 4.98 Å². The number of imidazole rings is 1. The molecule has 0 spiro atoms. The molecule has 1 aliphatic carbocycles. The summed E-state index contributed by atoms with van der Waals surface area (Å²) in [6.07, 6.45) is 2.89. The quantitative estimate of drug-likeness (QED) is 0.376.